The molecule has 0 aliphatic rings. The number of amides is 1. The molecule has 6 nitrogen and oxygen atoms in total. The van der Waals surface area contributed by atoms with Crippen LogP contribution in [0.25, 0.3) is 0 Å². The molecule has 0 unspecified atom stereocenters. The van der Waals surface area contributed by atoms with E-state index in [0.29, 0.717) is 12.8 Å². The van der Waals surface area contributed by atoms with Crippen molar-refractivity contribution in [3.63, 3.8) is 0 Å². The Morgan fingerprint density at radius 3 is 2.59 bits per heavy atom. The first-order valence-electron chi connectivity index (χ1n) is 5.36. The van der Waals surface area contributed by atoms with Crippen molar-refractivity contribution >= 4 is 5.91 Å². The number of nitrogens with zero attached hydrogens (tertiary/aromatic N) is 2. The van der Waals surface area contributed by atoms with Crippen molar-refractivity contribution in [1.82, 2.24) is 15.5 Å². The van der Waals surface area contributed by atoms with Gasteiger partial charge >= 0.3 is 0 Å². The summed E-state index contributed by atoms with van der Waals surface area (Å²) in [6.07, 6.45) is 1.02. The highest BCUT2D eigenvalue weighted by Crippen LogP contribution is 2.14. The van der Waals surface area contributed by atoms with Crippen molar-refractivity contribution in [2.45, 2.75) is 32.2 Å². The Morgan fingerprint density at radius 1 is 1.53 bits per heavy atom. The van der Waals surface area contributed by atoms with E-state index >= 15 is 0 Å². The summed E-state index contributed by atoms with van der Waals surface area (Å²) in [5.41, 5.74) is -1.17. The maximum Gasteiger partial charge on any atom is 0.272 e. The third-order valence-corrected chi connectivity index (χ3v) is 2.69. The van der Waals surface area contributed by atoms with E-state index in [1.54, 1.807) is 0 Å². The molecule has 0 saturated carbocycles. The molecule has 0 aliphatic carbocycles. The van der Waals surface area contributed by atoms with Gasteiger partial charge in [-0.25, -0.2) is 5.10 Å². The summed E-state index contributed by atoms with van der Waals surface area (Å²) in [4.78, 5) is 22.6. The van der Waals surface area contributed by atoms with E-state index in [0.717, 1.165) is 0 Å². The van der Waals surface area contributed by atoms with Gasteiger partial charge in [-0.15, -0.1) is 0 Å². The monoisotopic (exact) mass is 234 g/mol. The third-order valence-electron chi connectivity index (χ3n) is 2.69. The average Bonchev–Trinajstić information content (AvgIpc) is 2.37. The first-order valence-corrected chi connectivity index (χ1v) is 5.36. The quantitative estimate of drug-likeness (QED) is 0.796. The third kappa shape index (κ3) is 2.91. The van der Waals surface area contributed by atoms with Gasteiger partial charge in [-0.1, -0.05) is 13.8 Å². The lowest BCUT2D eigenvalue weighted by Crippen LogP contribution is -2.46. The second-order valence-electron chi connectivity index (χ2n) is 3.66. The van der Waals surface area contributed by atoms with Gasteiger partial charge in [0.2, 0.25) is 0 Å². The summed E-state index contributed by atoms with van der Waals surface area (Å²) in [5.74, 6) is -0.466. The average molecular weight is 234 g/mol. The smallest absolute Gasteiger partial charge is 0.272 e. The summed E-state index contributed by atoms with van der Waals surface area (Å²) in [5, 5.41) is 17.5. The first kappa shape index (κ1) is 12.9. The van der Waals surface area contributed by atoms with E-state index in [9.17, 15) is 9.59 Å². The number of H-pyrrole nitrogens is 1. The van der Waals surface area contributed by atoms with E-state index < -0.39 is 11.4 Å². The van der Waals surface area contributed by atoms with Crippen LogP contribution in [-0.2, 0) is 0 Å². The molecular formula is C11H14N4O2. The summed E-state index contributed by atoms with van der Waals surface area (Å²) in [7, 11) is 0. The molecule has 1 aromatic heterocycles. The van der Waals surface area contributed by atoms with Gasteiger partial charge < -0.3 is 5.32 Å². The predicted octanol–water partition coefficient (Wildman–Crippen LogP) is 0.582. The zero-order valence-electron chi connectivity index (χ0n) is 9.78. The Labute approximate surface area is 98.7 Å². The van der Waals surface area contributed by atoms with Crippen molar-refractivity contribution in [3.05, 3.63) is 28.2 Å². The van der Waals surface area contributed by atoms with Gasteiger partial charge in [-0.2, -0.15) is 10.4 Å². The molecule has 1 rings (SSSR count). The highest BCUT2D eigenvalue weighted by atomic mass is 16.2. The Hall–Kier alpha value is -2.16. The minimum Gasteiger partial charge on any atom is -0.332 e. The Morgan fingerprint density at radius 2 is 2.18 bits per heavy atom. The zero-order chi connectivity index (χ0) is 12.9. The van der Waals surface area contributed by atoms with Crippen LogP contribution in [0.4, 0.5) is 0 Å². The fraction of sp³-hybridized carbons (Fsp3) is 0.455. The van der Waals surface area contributed by atoms with Gasteiger partial charge in [0, 0.05) is 6.07 Å². The molecule has 90 valence electrons. The van der Waals surface area contributed by atoms with Crippen LogP contribution in [0.3, 0.4) is 0 Å². The molecule has 1 heterocycles. The molecule has 0 atom stereocenters. The molecule has 6 heteroatoms. The molecule has 1 amide bonds. The predicted molar refractivity (Wildman–Crippen MR) is 61.2 cm³/mol. The number of hydrogen-bond acceptors (Lipinski definition) is 4. The van der Waals surface area contributed by atoms with E-state index in [1.807, 2.05) is 13.8 Å². The normalized spacial score (nSPS) is 10.6. The standard InChI is InChI=1S/C11H14N4O2/c1-3-11(4-2,7-12)13-10(17)8-5-6-9(16)15-14-8/h5-6H,3-4H2,1-2H3,(H,13,17)(H,15,16). The van der Waals surface area contributed by atoms with E-state index in [1.165, 1.54) is 12.1 Å². The first-order chi connectivity index (χ1) is 8.06. The highest BCUT2D eigenvalue weighted by molar-refractivity contribution is 5.92. The largest absolute Gasteiger partial charge is 0.332 e. The molecule has 0 spiro atoms. The molecule has 0 fully saturated rings. The van der Waals surface area contributed by atoms with Gasteiger partial charge in [-0.05, 0) is 18.9 Å². The summed E-state index contributed by atoms with van der Waals surface area (Å²) < 4.78 is 0. The summed E-state index contributed by atoms with van der Waals surface area (Å²) in [6, 6.07) is 4.63. The molecule has 0 saturated heterocycles. The molecule has 0 aromatic carbocycles. The van der Waals surface area contributed by atoms with Crippen molar-refractivity contribution in [3.8, 4) is 6.07 Å². The van der Waals surface area contributed by atoms with E-state index in [-0.39, 0.29) is 11.3 Å². The maximum absolute atomic E-state index is 11.8. The van der Waals surface area contributed by atoms with Crippen molar-refractivity contribution in [2.24, 2.45) is 0 Å². The van der Waals surface area contributed by atoms with Crippen LogP contribution in [0.15, 0.2) is 16.9 Å². The second-order valence-corrected chi connectivity index (χ2v) is 3.66. The maximum atomic E-state index is 11.8. The van der Waals surface area contributed by atoms with Crippen LogP contribution in [-0.4, -0.2) is 21.6 Å². The van der Waals surface area contributed by atoms with Gasteiger partial charge in [0.1, 0.15) is 11.2 Å². The Kier molecular flexibility index (Phi) is 3.99. The fourth-order valence-corrected chi connectivity index (χ4v) is 1.37. The summed E-state index contributed by atoms with van der Waals surface area (Å²) >= 11 is 0. The Balaban J connectivity index is 2.89. The van der Waals surface area contributed by atoms with Crippen LogP contribution in [0.5, 0.6) is 0 Å². The highest BCUT2D eigenvalue weighted by Gasteiger charge is 2.28. The number of carbonyl (C=O) groups is 1. The minimum absolute atomic E-state index is 0.0890. The molecule has 0 radical (unpaired) electrons. The van der Waals surface area contributed by atoms with Gasteiger partial charge in [0.15, 0.2) is 0 Å². The second kappa shape index (κ2) is 5.25. The lowest BCUT2D eigenvalue weighted by atomic mass is 9.94. The zero-order valence-corrected chi connectivity index (χ0v) is 9.78. The summed E-state index contributed by atoms with van der Waals surface area (Å²) in [6.45, 7) is 3.65. The van der Waals surface area contributed by atoms with Crippen LogP contribution in [0, 0.1) is 11.3 Å². The van der Waals surface area contributed by atoms with Gasteiger partial charge in [0.25, 0.3) is 11.5 Å². The number of carbonyl (C=O) groups excluding carboxylic acids is 1. The van der Waals surface area contributed by atoms with Crippen molar-refractivity contribution < 1.29 is 4.79 Å². The molecular weight excluding hydrogens is 220 g/mol. The molecule has 17 heavy (non-hydrogen) atoms. The molecule has 2 N–H and O–H groups in total. The van der Waals surface area contributed by atoms with Gasteiger partial charge in [-0.3, -0.25) is 9.59 Å². The fourth-order valence-electron chi connectivity index (χ4n) is 1.37. The van der Waals surface area contributed by atoms with Crippen molar-refractivity contribution in [2.75, 3.05) is 0 Å². The number of nitrogens with one attached hydrogen (secondary N) is 2. The molecule has 1 aromatic rings. The minimum atomic E-state index is -0.880. The van der Waals surface area contributed by atoms with Crippen LogP contribution in [0.2, 0.25) is 0 Å². The number of hydrogen-bond donors (Lipinski definition) is 2. The number of rotatable bonds is 4. The lowest BCUT2D eigenvalue weighted by molar-refractivity contribution is 0.0909. The van der Waals surface area contributed by atoms with Crippen LogP contribution >= 0.6 is 0 Å². The SMILES string of the molecule is CCC(C#N)(CC)NC(=O)c1ccc(=O)[nH]n1. The van der Waals surface area contributed by atoms with Gasteiger partial charge in [0.05, 0.1) is 6.07 Å². The molecule has 0 bridgehead atoms. The van der Waals surface area contributed by atoms with E-state index in [2.05, 4.69) is 21.6 Å². The lowest BCUT2D eigenvalue weighted by Gasteiger charge is -2.24. The number of aromatic amines is 1. The van der Waals surface area contributed by atoms with Crippen LogP contribution in [0.1, 0.15) is 37.2 Å². The molecule has 0 aliphatic heterocycles. The Bertz CT molecular complexity index is 476. The van der Waals surface area contributed by atoms with Crippen LogP contribution < -0.4 is 10.9 Å². The van der Waals surface area contributed by atoms with E-state index in [4.69, 9.17) is 5.26 Å². The van der Waals surface area contributed by atoms with Crippen molar-refractivity contribution in [1.29, 1.82) is 5.26 Å². The number of aromatic nitrogens is 2. The topological polar surface area (TPSA) is 98.6 Å². The number of nitriles is 1.